The Labute approximate surface area is 110 Å². The van der Waals surface area contributed by atoms with Gasteiger partial charge in [-0.25, -0.2) is 4.39 Å². The first kappa shape index (κ1) is 16.2. The summed E-state index contributed by atoms with van der Waals surface area (Å²) >= 11 is 10.4. The van der Waals surface area contributed by atoms with Crippen LogP contribution in [0.4, 0.5) is 4.39 Å². The van der Waals surface area contributed by atoms with E-state index in [0.29, 0.717) is 0 Å². The Kier molecular flexibility index (Phi) is 9.81. The predicted octanol–water partition coefficient (Wildman–Crippen LogP) is 2.97. The van der Waals surface area contributed by atoms with Crippen molar-refractivity contribution in [2.75, 3.05) is 13.3 Å². The molecule has 1 N–H and O–H groups in total. The van der Waals surface area contributed by atoms with Gasteiger partial charge in [0.05, 0.1) is 24.5 Å². The topological polar surface area (TPSA) is 38.3 Å². The van der Waals surface area contributed by atoms with Crippen LogP contribution < -0.4 is 5.32 Å². The van der Waals surface area contributed by atoms with Gasteiger partial charge in [-0.1, -0.05) is 29.8 Å². The normalized spacial score (nSPS) is 11.1. The first-order chi connectivity index (χ1) is 8.10. The minimum atomic E-state index is -0.674. The van der Waals surface area contributed by atoms with Gasteiger partial charge in [-0.3, -0.25) is 9.08 Å². The van der Waals surface area contributed by atoms with Gasteiger partial charge < -0.3 is 5.32 Å². The van der Waals surface area contributed by atoms with Crippen molar-refractivity contribution in [2.45, 2.75) is 13.0 Å². The van der Waals surface area contributed by atoms with Crippen molar-refractivity contribution in [1.82, 2.24) is 5.32 Å². The maximum atomic E-state index is 11.9. The molecule has 0 fully saturated rings. The molecule has 1 aromatic carbocycles. The summed E-state index contributed by atoms with van der Waals surface area (Å²) in [6.07, 6.45) is 0. The van der Waals surface area contributed by atoms with Crippen LogP contribution in [0.3, 0.4) is 0 Å². The van der Waals surface area contributed by atoms with Gasteiger partial charge in [-0.15, -0.1) is 0 Å². The Morgan fingerprint density at radius 2 is 2.06 bits per heavy atom. The number of hydrogen-bond donors (Lipinski definition) is 1. The molecule has 1 rings (SSSR count). The van der Waals surface area contributed by atoms with Crippen LogP contribution >= 0.6 is 23.5 Å². The molecule has 1 amide bonds. The standard InChI is InChI=1S/C6H5Cl.C5H9ClFNO2/c7-6-4-2-1-3-5-6;1-4(9)8-5(2-7)3-10-6/h1-5H;5H,2-3H2,1H3,(H,8,9). The fraction of sp³-hybridized carbons (Fsp3) is 0.364. The molecule has 1 unspecified atom stereocenters. The smallest absolute Gasteiger partial charge is 0.217 e. The van der Waals surface area contributed by atoms with Crippen LogP contribution in [0.15, 0.2) is 30.3 Å². The third-order valence-electron chi connectivity index (χ3n) is 1.59. The Morgan fingerprint density at radius 1 is 1.47 bits per heavy atom. The highest BCUT2D eigenvalue weighted by atomic mass is 35.5. The van der Waals surface area contributed by atoms with Crippen LogP contribution in [0.5, 0.6) is 0 Å². The van der Waals surface area contributed by atoms with Crippen LogP contribution in [-0.2, 0) is 9.08 Å². The minimum Gasteiger partial charge on any atom is -0.349 e. The highest BCUT2D eigenvalue weighted by molar-refractivity contribution is 6.30. The summed E-state index contributed by atoms with van der Waals surface area (Å²) in [7, 11) is 0. The fourth-order valence-corrected chi connectivity index (χ4v) is 1.20. The van der Waals surface area contributed by atoms with Gasteiger partial charge in [0.1, 0.15) is 6.67 Å². The lowest BCUT2D eigenvalue weighted by atomic mass is 10.3. The van der Waals surface area contributed by atoms with Crippen molar-refractivity contribution in [3.05, 3.63) is 35.4 Å². The largest absolute Gasteiger partial charge is 0.349 e. The number of benzene rings is 1. The lowest BCUT2D eigenvalue weighted by Crippen LogP contribution is -2.37. The molecule has 0 aliphatic heterocycles. The average Bonchev–Trinajstić information content (AvgIpc) is 2.30. The molecular weight excluding hydrogens is 268 g/mol. The maximum Gasteiger partial charge on any atom is 0.217 e. The molecule has 0 aliphatic carbocycles. The first-order valence-corrected chi connectivity index (χ1v) is 5.56. The van der Waals surface area contributed by atoms with Gasteiger partial charge >= 0.3 is 0 Å². The van der Waals surface area contributed by atoms with Gasteiger partial charge in [-0.05, 0) is 12.1 Å². The van der Waals surface area contributed by atoms with E-state index in [1.807, 2.05) is 30.3 Å². The van der Waals surface area contributed by atoms with Gasteiger partial charge in [0, 0.05) is 11.9 Å². The molecular formula is C11H14Cl2FNO2. The molecule has 0 saturated carbocycles. The van der Waals surface area contributed by atoms with Crippen molar-refractivity contribution >= 4 is 29.4 Å². The van der Waals surface area contributed by atoms with Crippen LogP contribution in [0, 0.1) is 0 Å². The summed E-state index contributed by atoms with van der Waals surface area (Å²) in [5, 5.41) is 3.10. The highest BCUT2D eigenvalue weighted by Gasteiger charge is 2.08. The van der Waals surface area contributed by atoms with E-state index in [1.54, 1.807) is 0 Å². The van der Waals surface area contributed by atoms with Gasteiger partial charge in [-0.2, -0.15) is 0 Å². The second-order valence-electron chi connectivity index (χ2n) is 3.12. The summed E-state index contributed by atoms with van der Waals surface area (Å²) in [6.45, 7) is 0.612. The summed E-state index contributed by atoms with van der Waals surface area (Å²) in [5.74, 6) is -0.295. The van der Waals surface area contributed by atoms with Crippen LogP contribution in [0.1, 0.15) is 6.92 Å². The number of carbonyl (C=O) groups excluding carboxylic acids is 1. The molecule has 0 aliphatic rings. The third kappa shape index (κ3) is 10.1. The Morgan fingerprint density at radius 3 is 2.35 bits per heavy atom. The number of carbonyl (C=O) groups is 1. The summed E-state index contributed by atoms with van der Waals surface area (Å²) in [6, 6.07) is 8.81. The zero-order valence-corrected chi connectivity index (χ0v) is 10.8. The molecule has 0 spiro atoms. The van der Waals surface area contributed by atoms with E-state index >= 15 is 0 Å². The highest BCUT2D eigenvalue weighted by Crippen LogP contribution is 2.03. The number of halogens is 3. The van der Waals surface area contributed by atoms with E-state index in [0.717, 1.165) is 5.02 Å². The van der Waals surface area contributed by atoms with Gasteiger partial charge in [0.25, 0.3) is 0 Å². The van der Waals surface area contributed by atoms with E-state index in [-0.39, 0.29) is 12.5 Å². The Balaban J connectivity index is 0.000000318. The number of rotatable bonds is 4. The molecule has 6 heteroatoms. The summed E-state index contributed by atoms with van der Waals surface area (Å²) in [4.78, 5) is 10.3. The third-order valence-corrected chi connectivity index (χ3v) is 1.97. The minimum absolute atomic E-state index is 0.0162. The van der Waals surface area contributed by atoms with Crippen molar-refractivity contribution in [3.63, 3.8) is 0 Å². The predicted molar refractivity (Wildman–Crippen MR) is 66.8 cm³/mol. The maximum absolute atomic E-state index is 11.9. The quantitative estimate of drug-likeness (QED) is 0.922. The monoisotopic (exact) mass is 281 g/mol. The zero-order chi connectivity index (χ0) is 13.1. The van der Waals surface area contributed by atoms with E-state index in [2.05, 4.69) is 9.61 Å². The van der Waals surface area contributed by atoms with Gasteiger partial charge in [0.2, 0.25) is 5.91 Å². The van der Waals surface area contributed by atoms with Crippen LogP contribution in [-0.4, -0.2) is 25.2 Å². The second kappa shape index (κ2) is 10.3. The number of hydrogen-bond acceptors (Lipinski definition) is 2. The van der Waals surface area contributed by atoms with Crippen molar-refractivity contribution in [2.24, 2.45) is 0 Å². The molecule has 0 saturated heterocycles. The van der Waals surface area contributed by atoms with E-state index in [9.17, 15) is 9.18 Å². The molecule has 0 heterocycles. The molecule has 3 nitrogen and oxygen atoms in total. The molecule has 96 valence electrons. The lowest BCUT2D eigenvalue weighted by Gasteiger charge is -2.10. The number of nitrogens with one attached hydrogen (secondary N) is 1. The van der Waals surface area contributed by atoms with E-state index in [4.69, 9.17) is 23.5 Å². The average molecular weight is 282 g/mol. The molecule has 0 bridgehead atoms. The van der Waals surface area contributed by atoms with E-state index < -0.39 is 12.7 Å². The summed E-state index contributed by atoms with van der Waals surface area (Å²) < 4.78 is 16.0. The number of alkyl halides is 1. The zero-order valence-electron chi connectivity index (χ0n) is 9.33. The molecule has 17 heavy (non-hydrogen) atoms. The van der Waals surface area contributed by atoms with Gasteiger partial charge in [0.15, 0.2) is 0 Å². The second-order valence-corrected chi connectivity index (χ2v) is 3.78. The SMILES string of the molecule is CC(=O)NC(CF)COCl.Clc1ccccc1. The van der Waals surface area contributed by atoms with Crippen molar-refractivity contribution in [3.8, 4) is 0 Å². The summed E-state index contributed by atoms with van der Waals surface area (Å²) in [5.41, 5.74) is 0. The fourth-order valence-electron chi connectivity index (χ4n) is 0.903. The van der Waals surface area contributed by atoms with Crippen LogP contribution in [0.2, 0.25) is 5.02 Å². The first-order valence-electron chi connectivity index (χ1n) is 4.87. The molecule has 1 aromatic rings. The Bertz CT molecular complexity index is 312. The van der Waals surface area contributed by atoms with Crippen molar-refractivity contribution in [1.29, 1.82) is 0 Å². The molecule has 0 radical (unpaired) electrons. The number of amides is 1. The Hall–Kier alpha value is -0.840. The van der Waals surface area contributed by atoms with Crippen LogP contribution in [0.25, 0.3) is 0 Å². The molecule has 1 atom stereocenters. The lowest BCUT2D eigenvalue weighted by molar-refractivity contribution is -0.120. The van der Waals surface area contributed by atoms with E-state index in [1.165, 1.54) is 6.92 Å². The molecule has 0 aromatic heterocycles. The van der Waals surface area contributed by atoms with Crippen molar-refractivity contribution < 1.29 is 13.5 Å².